The van der Waals surface area contributed by atoms with E-state index in [-0.39, 0.29) is 36.5 Å². The van der Waals surface area contributed by atoms with Gasteiger partial charge in [0.25, 0.3) is 17.7 Å². The number of imide groups is 2. The number of nitrogens with one attached hydrogen (secondary N) is 2. The molecule has 1 unspecified atom stereocenters. The number of anilines is 3. The monoisotopic (exact) mass is 555 g/mol. The van der Waals surface area contributed by atoms with E-state index in [9.17, 15) is 24.0 Å². The summed E-state index contributed by atoms with van der Waals surface area (Å²) in [5.41, 5.74) is 3.03. The van der Waals surface area contributed by atoms with Crippen LogP contribution < -0.4 is 25.0 Å². The molecular weight excluding hydrogens is 530 g/mol. The maximum Gasteiger partial charge on any atom is 0.264 e. The number of pyridine rings is 1. The topological polar surface area (TPSA) is 147 Å². The highest BCUT2D eigenvalue weighted by molar-refractivity contribution is 6.25. The number of benzene rings is 2. The quantitative estimate of drug-likeness (QED) is 0.438. The zero-order valence-electron chi connectivity index (χ0n) is 22.2. The molecule has 2 N–H and O–H groups in total. The van der Waals surface area contributed by atoms with Crippen LogP contribution in [0, 0.1) is 0 Å². The molecule has 1 atom stereocenters. The molecule has 3 aliphatic heterocycles. The third kappa shape index (κ3) is 4.42. The summed E-state index contributed by atoms with van der Waals surface area (Å²) >= 11 is 0. The molecule has 1 aromatic heterocycles. The minimum Gasteiger partial charge on any atom is -0.482 e. The third-order valence-electron chi connectivity index (χ3n) is 7.26. The first-order valence-electron chi connectivity index (χ1n) is 13.0. The number of carbonyl (C=O) groups excluding carboxylic acids is 5. The smallest absolute Gasteiger partial charge is 0.264 e. The minimum absolute atomic E-state index is 0.0252. The predicted molar refractivity (Wildman–Crippen MR) is 146 cm³/mol. The van der Waals surface area contributed by atoms with Crippen molar-refractivity contribution in [3.8, 4) is 22.8 Å². The van der Waals surface area contributed by atoms with Crippen LogP contribution in [0.5, 0.6) is 11.6 Å². The van der Waals surface area contributed by atoms with Gasteiger partial charge in [0.05, 0.1) is 29.1 Å². The number of fused-ring (bicyclic) bond motifs is 2. The number of aromatic nitrogens is 1. The Morgan fingerprint density at radius 3 is 2.66 bits per heavy atom. The van der Waals surface area contributed by atoms with Crippen LogP contribution in [0.4, 0.5) is 17.1 Å². The van der Waals surface area contributed by atoms with Crippen LogP contribution in [0.15, 0.2) is 48.7 Å². The van der Waals surface area contributed by atoms with Crippen LogP contribution in [-0.4, -0.2) is 65.7 Å². The van der Waals surface area contributed by atoms with Gasteiger partial charge in [0.15, 0.2) is 6.61 Å². The lowest BCUT2D eigenvalue weighted by molar-refractivity contribution is -0.136. The molecule has 5 amide bonds. The molecule has 6 rings (SSSR count). The van der Waals surface area contributed by atoms with Gasteiger partial charge in [-0.25, -0.2) is 4.98 Å². The molecular formula is C29H25N5O7. The zero-order chi connectivity index (χ0) is 28.8. The van der Waals surface area contributed by atoms with Crippen molar-refractivity contribution < 1.29 is 33.4 Å². The number of rotatable bonds is 6. The molecule has 1 fully saturated rings. The van der Waals surface area contributed by atoms with Crippen molar-refractivity contribution in [2.45, 2.75) is 25.8 Å². The van der Waals surface area contributed by atoms with Crippen molar-refractivity contribution in [3.05, 3.63) is 59.8 Å². The largest absolute Gasteiger partial charge is 0.482 e. The van der Waals surface area contributed by atoms with E-state index < -0.39 is 29.7 Å². The Morgan fingerprint density at radius 2 is 1.88 bits per heavy atom. The Labute approximate surface area is 234 Å². The van der Waals surface area contributed by atoms with Crippen molar-refractivity contribution in [2.24, 2.45) is 0 Å². The van der Waals surface area contributed by atoms with Crippen LogP contribution in [0.25, 0.3) is 11.1 Å². The Kier molecular flexibility index (Phi) is 6.37. The molecule has 0 aliphatic carbocycles. The molecule has 0 spiro atoms. The fourth-order valence-electron chi connectivity index (χ4n) is 5.23. The van der Waals surface area contributed by atoms with Gasteiger partial charge in [0.1, 0.15) is 11.8 Å². The van der Waals surface area contributed by atoms with Gasteiger partial charge in [0.2, 0.25) is 17.7 Å². The van der Waals surface area contributed by atoms with Crippen LogP contribution in [0.1, 0.15) is 40.5 Å². The first kappa shape index (κ1) is 26.0. The molecule has 4 heterocycles. The molecule has 208 valence electrons. The van der Waals surface area contributed by atoms with Crippen molar-refractivity contribution in [2.75, 3.05) is 30.5 Å². The van der Waals surface area contributed by atoms with E-state index in [1.54, 1.807) is 49.6 Å². The second-order valence-electron chi connectivity index (χ2n) is 9.72. The van der Waals surface area contributed by atoms with Gasteiger partial charge < -0.3 is 19.7 Å². The van der Waals surface area contributed by atoms with E-state index in [1.807, 2.05) is 6.92 Å². The number of hydrogen-bond acceptors (Lipinski definition) is 9. The fraction of sp³-hybridized carbons (Fsp3) is 0.241. The summed E-state index contributed by atoms with van der Waals surface area (Å²) in [7, 11) is 1.65. The van der Waals surface area contributed by atoms with Crippen LogP contribution in [0.2, 0.25) is 0 Å². The molecule has 41 heavy (non-hydrogen) atoms. The lowest BCUT2D eigenvalue weighted by Crippen LogP contribution is -2.54. The average molecular weight is 556 g/mol. The van der Waals surface area contributed by atoms with Crippen molar-refractivity contribution in [3.63, 3.8) is 0 Å². The zero-order valence-corrected chi connectivity index (χ0v) is 22.2. The summed E-state index contributed by atoms with van der Waals surface area (Å²) in [5.74, 6) is -1.68. The van der Waals surface area contributed by atoms with Crippen LogP contribution >= 0.6 is 0 Å². The first-order chi connectivity index (χ1) is 19.8. The molecule has 3 aromatic rings. The Bertz CT molecular complexity index is 1650. The van der Waals surface area contributed by atoms with Gasteiger partial charge in [0, 0.05) is 37.0 Å². The standard InChI is InChI=1S/C29H25N5O7/c1-3-40-24-11-15(9-10-30-24)17-12-22-21(33(2)25(36)14-41-22)13-19(17)31-18-6-4-5-16-26(18)29(39)34(28(16)38)20-7-8-23(35)32-27(20)37/h4-6,9-13,20,31H,3,7-8,14H2,1-2H3,(H,32,35,37). The third-order valence-corrected chi connectivity index (χ3v) is 7.26. The average Bonchev–Trinajstić information content (AvgIpc) is 3.21. The Balaban J connectivity index is 1.43. The molecule has 0 bridgehead atoms. The van der Waals surface area contributed by atoms with Crippen molar-refractivity contribution in [1.82, 2.24) is 15.2 Å². The highest BCUT2D eigenvalue weighted by Crippen LogP contribution is 2.43. The second-order valence-corrected chi connectivity index (χ2v) is 9.72. The van der Waals surface area contributed by atoms with Gasteiger partial charge >= 0.3 is 0 Å². The predicted octanol–water partition coefficient (Wildman–Crippen LogP) is 2.65. The first-order valence-corrected chi connectivity index (χ1v) is 13.0. The lowest BCUT2D eigenvalue weighted by Gasteiger charge is -2.28. The Hall–Kier alpha value is -5.26. The van der Waals surface area contributed by atoms with E-state index in [2.05, 4.69) is 15.6 Å². The molecule has 12 nitrogen and oxygen atoms in total. The van der Waals surface area contributed by atoms with Gasteiger partial charge in [-0.15, -0.1) is 0 Å². The van der Waals surface area contributed by atoms with Gasteiger partial charge in [-0.05, 0) is 49.2 Å². The van der Waals surface area contributed by atoms with Gasteiger partial charge in [-0.2, -0.15) is 0 Å². The normalized spacial score (nSPS) is 18.1. The number of ether oxygens (including phenoxy) is 2. The number of amides is 5. The summed E-state index contributed by atoms with van der Waals surface area (Å²) in [4.78, 5) is 70.2. The number of piperidine rings is 1. The maximum atomic E-state index is 13.6. The summed E-state index contributed by atoms with van der Waals surface area (Å²) in [6.45, 7) is 2.18. The number of carbonyl (C=O) groups is 5. The SMILES string of the molecule is CCOc1cc(-c2cc3c(cc2Nc2cccc4c2C(=O)N(C2CCC(=O)NC2=O)C4=O)N(C)C(=O)CO3)ccn1. The summed E-state index contributed by atoms with van der Waals surface area (Å²) < 4.78 is 11.3. The number of nitrogens with zero attached hydrogens (tertiary/aromatic N) is 3. The molecule has 12 heteroatoms. The van der Waals surface area contributed by atoms with Crippen LogP contribution in [-0.2, 0) is 14.4 Å². The maximum absolute atomic E-state index is 13.6. The van der Waals surface area contributed by atoms with Gasteiger partial charge in [-0.1, -0.05) is 6.07 Å². The second kappa shape index (κ2) is 10.0. The summed E-state index contributed by atoms with van der Waals surface area (Å²) in [6, 6.07) is 10.8. The fourth-order valence-corrected chi connectivity index (χ4v) is 5.23. The van der Waals surface area contributed by atoms with E-state index in [4.69, 9.17) is 9.47 Å². The highest BCUT2D eigenvalue weighted by atomic mass is 16.5. The minimum atomic E-state index is -1.09. The lowest BCUT2D eigenvalue weighted by atomic mass is 10.0. The molecule has 1 saturated heterocycles. The van der Waals surface area contributed by atoms with E-state index in [1.165, 1.54) is 11.0 Å². The van der Waals surface area contributed by atoms with Crippen molar-refractivity contribution in [1.29, 1.82) is 0 Å². The molecule has 0 saturated carbocycles. The molecule has 2 aromatic carbocycles. The van der Waals surface area contributed by atoms with E-state index in [0.717, 1.165) is 10.5 Å². The van der Waals surface area contributed by atoms with E-state index in [0.29, 0.717) is 40.9 Å². The molecule has 0 radical (unpaired) electrons. The molecule has 3 aliphatic rings. The Morgan fingerprint density at radius 1 is 1.05 bits per heavy atom. The van der Waals surface area contributed by atoms with Crippen LogP contribution in [0.3, 0.4) is 0 Å². The number of hydrogen-bond donors (Lipinski definition) is 2. The summed E-state index contributed by atoms with van der Waals surface area (Å²) in [6.07, 6.45) is 1.69. The van der Waals surface area contributed by atoms with E-state index >= 15 is 0 Å². The number of likely N-dealkylation sites (N-methyl/N-ethyl adjacent to an activating group) is 1. The van der Waals surface area contributed by atoms with Crippen molar-refractivity contribution >= 4 is 46.6 Å². The highest BCUT2D eigenvalue weighted by Gasteiger charge is 2.45. The van der Waals surface area contributed by atoms with Gasteiger partial charge in [-0.3, -0.25) is 34.2 Å². The summed E-state index contributed by atoms with van der Waals surface area (Å²) in [5, 5.41) is 5.50.